The van der Waals surface area contributed by atoms with E-state index >= 15 is 0 Å². The highest BCUT2D eigenvalue weighted by molar-refractivity contribution is 7.98. The third-order valence-corrected chi connectivity index (χ3v) is 6.84. The topological polar surface area (TPSA) is 127 Å². The highest BCUT2D eigenvalue weighted by atomic mass is 32.2. The summed E-state index contributed by atoms with van der Waals surface area (Å²) in [6.07, 6.45) is 3.75. The van der Waals surface area contributed by atoms with Gasteiger partial charge in [0.2, 0.25) is 0 Å². The Kier molecular flexibility index (Phi) is 6.84. The van der Waals surface area contributed by atoms with Gasteiger partial charge in [0, 0.05) is 17.7 Å². The van der Waals surface area contributed by atoms with Gasteiger partial charge in [0.05, 0.1) is 29.1 Å². The van der Waals surface area contributed by atoms with Crippen LogP contribution in [0.4, 0.5) is 0 Å². The molecule has 0 radical (unpaired) electrons. The van der Waals surface area contributed by atoms with Crippen molar-refractivity contribution in [1.82, 2.24) is 13.6 Å². The largest absolute Gasteiger partial charge is 0.473 e. The Balaban J connectivity index is 0.000000353. The van der Waals surface area contributed by atoms with Crippen LogP contribution in [-0.2, 0) is 20.8 Å². The van der Waals surface area contributed by atoms with Gasteiger partial charge in [0.25, 0.3) is 0 Å². The van der Waals surface area contributed by atoms with Gasteiger partial charge in [0.1, 0.15) is 5.03 Å². The Bertz CT molecular complexity index is 909. The van der Waals surface area contributed by atoms with E-state index in [-0.39, 0.29) is 5.41 Å². The zero-order valence-corrected chi connectivity index (χ0v) is 17.2. The summed E-state index contributed by atoms with van der Waals surface area (Å²) in [5.74, 6) is -2.77. The lowest BCUT2D eigenvalue weighted by molar-refractivity contribution is -0.159. The molecule has 4 rings (SSSR count). The molecule has 2 aliphatic heterocycles. The standard InChI is InChI=1S/C17H18N4S2.C2H2O4/c18-10-13-2-4-14(5-3-13)11-22-16-15(19-23-20-16)17-6-1-8-21(12-17)9-7-17;3-1(4)2(5)6/h2-5H,1,6-9,11-12H2;(H,3,4)(H,5,6). The Morgan fingerprint density at radius 2 is 1.90 bits per heavy atom. The Morgan fingerprint density at radius 1 is 1.17 bits per heavy atom. The van der Waals surface area contributed by atoms with Crippen LogP contribution in [0.15, 0.2) is 29.3 Å². The number of rotatable bonds is 4. The van der Waals surface area contributed by atoms with Crippen molar-refractivity contribution in [2.45, 2.75) is 35.5 Å². The molecule has 152 valence electrons. The van der Waals surface area contributed by atoms with E-state index < -0.39 is 11.9 Å². The van der Waals surface area contributed by atoms with E-state index in [2.05, 4.69) is 19.7 Å². The number of carbonyl (C=O) groups is 2. The molecule has 8 nitrogen and oxygen atoms in total. The second kappa shape index (κ2) is 9.35. The summed E-state index contributed by atoms with van der Waals surface area (Å²) in [6.45, 7) is 3.60. The zero-order valence-electron chi connectivity index (χ0n) is 15.6. The fourth-order valence-electron chi connectivity index (χ4n) is 3.73. The van der Waals surface area contributed by atoms with Crippen molar-refractivity contribution in [2.24, 2.45) is 0 Å². The first kappa shape index (κ1) is 21.2. The first-order valence-electron chi connectivity index (χ1n) is 9.07. The number of fused-ring (bicyclic) bond motifs is 2. The first-order valence-corrected chi connectivity index (χ1v) is 10.8. The van der Waals surface area contributed by atoms with E-state index in [1.165, 1.54) is 55.3 Å². The minimum Gasteiger partial charge on any atom is -0.473 e. The van der Waals surface area contributed by atoms with Crippen LogP contribution in [0.3, 0.4) is 0 Å². The Labute approximate surface area is 176 Å². The fourth-order valence-corrected chi connectivity index (χ4v) is 5.56. The number of hydrogen-bond donors (Lipinski definition) is 2. The van der Waals surface area contributed by atoms with Gasteiger partial charge in [-0.1, -0.05) is 23.9 Å². The average Bonchev–Trinajstić information content (AvgIpc) is 3.32. The quantitative estimate of drug-likeness (QED) is 0.553. The molecule has 2 N–H and O–H groups in total. The van der Waals surface area contributed by atoms with Gasteiger partial charge in [-0.15, -0.1) is 0 Å². The highest BCUT2D eigenvalue weighted by Crippen LogP contribution is 2.44. The van der Waals surface area contributed by atoms with E-state index in [1.54, 1.807) is 11.8 Å². The lowest BCUT2D eigenvalue weighted by Crippen LogP contribution is -2.37. The highest BCUT2D eigenvalue weighted by Gasteiger charge is 2.45. The predicted molar refractivity (Wildman–Crippen MR) is 108 cm³/mol. The van der Waals surface area contributed by atoms with Gasteiger partial charge in [-0.3, -0.25) is 0 Å². The number of carboxylic acid groups (broad SMARTS) is 2. The van der Waals surface area contributed by atoms with E-state index in [9.17, 15) is 0 Å². The first-order chi connectivity index (χ1) is 13.9. The van der Waals surface area contributed by atoms with Crippen LogP contribution in [0.25, 0.3) is 0 Å². The maximum Gasteiger partial charge on any atom is 0.414 e. The van der Waals surface area contributed by atoms with Crippen molar-refractivity contribution >= 4 is 35.4 Å². The minimum atomic E-state index is -1.82. The number of hydrogen-bond acceptors (Lipinski definition) is 8. The summed E-state index contributed by atoms with van der Waals surface area (Å²) in [5.41, 5.74) is 3.42. The minimum absolute atomic E-state index is 0.248. The van der Waals surface area contributed by atoms with Crippen molar-refractivity contribution in [3.63, 3.8) is 0 Å². The van der Waals surface area contributed by atoms with Gasteiger partial charge in [-0.05, 0) is 50.0 Å². The molecular weight excluding hydrogens is 412 g/mol. The number of nitriles is 1. The van der Waals surface area contributed by atoms with Crippen LogP contribution in [0, 0.1) is 11.3 Å². The molecule has 2 bridgehead atoms. The molecule has 1 aromatic heterocycles. The molecular formula is C19H20N4O4S2. The van der Waals surface area contributed by atoms with E-state index in [0.717, 1.165) is 17.3 Å². The second-order valence-corrected chi connectivity index (χ2v) is 8.53. The summed E-state index contributed by atoms with van der Waals surface area (Å²) >= 11 is 3.13. The lowest BCUT2D eigenvalue weighted by atomic mass is 9.78. The van der Waals surface area contributed by atoms with Gasteiger partial charge in [0.15, 0.2) is 0 Å². The summed E-state index contributed by atoms with van der Waals surface area (Å²) in [5, 5.41) is 24.8. The molecule has 1 aromatic carbocycles. The summed E-state index contributed by atoms with van der Waals surface area (Å²) in [7, 11) is 0. The summed E-state index contributed by atoms with van der Waals surface area (Å²) < 4.78 is 9.26. The van der Waals surface area contributed by atoms with Crippen molar-refractivity contribution in [3.05, 3.63) is 41.1 Å². The number of nitrogens with zero attached hydrogens (tertiary/aromatic N) is 4. The Morgan fingerprint density at radius 3 is 2.55 bits per heavy atom. The van der Waals surface area contributed by atoms with Crippen LogP contribution < -0.4 is 0 Å². The molecule has 10 heteroatoms. The van der Waals surface area contributed by atoms with Crippen LogP contribution >= 0.6 is 23.5 Å². The van der Waals surface area contributed by atoms with Gasteiger partial charge in [-0.2, -0.15) is 14.0 Å². The molecule has 3 heterocycles. The van der Waals surface area contributed by atoms with Crippen LogP contribution in [0.5, 0.6) is 0 Å². The van der Waals surface area contributed by atoms with Crippen LogP contribution in [-0.4, -0.2) is 55.4 Å². The van der Waals surface area contributed by atoms with Crippen molar-refractivity contribution in [3.8, 4) is 6.07 Å². The van der Waals surface area contributed by atoms with Crippen LogP contribution in [0.1, 0.15) is 36.1 Å². The molecule has 0 amide bonds. The van der Waals surface area contributed by atoms with Gasteiger partial charge in [-0.25, -0.2) is 9.59 Å². The van der Waals surface area contributed by atoms with E-state index in [4.69, 9.17) is 25.1 Å². The van der Waals surface area contributed by atoms with Crippen molar-refractivity contribution < 1.29 is 19.8 Å². The number of aromatic nitrogens is 2. The zero-order chi connectivity index (χ0) is 20.9. The molecule has 0 saturated carbocycles. The Hall–Kier alpha value is -2.48. The third kappa shape index (κ3) is 5.12. The molecule has 2 fully saturated rings. The average molecular weight is 433 g/mol. The van der Waals surface area contributed by atoms with E-state index in [1.807, 2.05) is 24.3 Å². The SMILES string of the molecule is N#Cc1ccc(CSc2nsnc2C23CCCN(CC2)C3)cc1.O=C(O)C(=O)O. The maximum atomic E-state index is 9.10. The maximum absolute atomic E-state index is 9.10. The number of thioether (sulfide) groups is 1. The molecule has 0 spiro atoms. The normalized spacial score (nSPS) is 22.2. The molecule has 2 atom stereocenters. The second-order valence-electron chi connectivity index (χ2n) is 7.04. The summed E-state index contributed by atoms with van der Waals surface area (Å²) in [6, 6.07) is 9.98. The van der Waals surface area contributed by atoms with Gasteiger partial charge < -0.3 is 15.1 Å². The van der Waals surface area contributed by atoms with Crippen LogP contribution in [0.2, 0.25) is 0 Å². The monoisotopic (exact) mass is 432 g/mol. The number of aliphatic carboxylic acids is 2. The lowest BCUT2D eigenvalue weighted by Gasteiger charge is -2.32. The number of piperidine rings is 1. The van der Waals surface area contributed by atoms with E-state index in [0.29, 0.717) is 5.56 Å². The molecule has 2 saturated heterocycles. The molecule has 0 aliphatic carbocycles. The van der Waals surface area contributed by atoms with Crippen molar-refractivity contribution in [2.75, 3.05) is 19.6 Å². The van der Waals surface area contributed by atoms with Crippen molar-refractivity contribution in [1.29, 1.82) is 5.26 Å². The molecule has 29 heavy (non-hydrogen) atoms. The van der Waals surface area contributed by atoms with Gasteiger partial charge >= 0.3 is 11.9 Å². The predicted octanol–water partition coefficient (Wildman–Crippen LogP) is 2.59. The fraction of sp³-hybridized carbons (Fsp3) is 0.421. The number of benzene rings is 1. The molecule has 2 unspecified atom stereocenters. The third-order valence-electron chi connectivity index (χ3n) is 5.16. The smallest absolute Gasteiger partial charge is 0.414 e. The number of carboxylic acids is 2. The summed E-state index contributed by atoms with van der Waals surface area (Å²) in [4.78, 5) is 20.8. The molecule has 2 aliphatic rings. The molecule has 2 aromatic rings.